The summed E-state index contributed by atoms with van der Waals surface area (Å²) in [5.41, 5.74) is -0.717. The number of amides is 1. The highest BCUT2D eigenvalue weighted by Gasteiger charge is 2.36. The number of piperidine rings is 1. The molecule has 2 heterocycles. The zero-order chi connectivity index (χ0) is 17.3. The molecule has 0 aliphatic carbocycles. The van der Waals surface area contributed by atoms with Crippen LogP contribution in [0.25, 0.3) is 0 Å². The van der Waals surface area contributed by atoms with E-state index >= 15 is 0 Å². The van der Waals surface area contributed by atoms with Gasteiger partial charge in [-0.05, 0) is 37.0 Å². The van der Waals surface area contributed by atoms with Gasteiger partial charge in [0.05, 0.1) is 6.04 Å². The van der Waals surface area contributed by atoms with Crippen molar-refractivity contribution in [3.8, 4) is 0 Å². The summed E-state index contributed by atoms with van der Waals surface area (Å²) in [6.07, 6.45) is -2.35. The predicted molar refractivity (Wildman–Crippen MR) is 77.6 cm³/mol. The molecule has 4 nitrogen and oxygen atoms in total. The SMILES string of the molecule is O=C(c1cc(C(F)(F)F)[nH]n1)N1CCCC[C@@H]1c1cccc(F)c1. The van der Waals surface area contributed by atoms with Gasteiger partial charge in [-0.15, -0.1) is 0 Å². The lowest BCUT2D eigenvalue weighted by Crippen LogP contribution is -2.38. The van der Waals surface area contributed by atoms with Crippen molar-refractivity contribution < 1.29 is 22.4 Å². The highest BCUT2D eigenvalue weighted by atomic mass is 19.4. The van der Waals surface area contributed by atoms with Crippen LogP contribution in [-0.2, 0) is 6.18 Å². The highest BCUT2D eigenvalue weighted by Crippen LogP contribution is 2.33. The molecule has 1 N–H and O–H groups in total. The van der Waals surface area contributed by atoms with E-state index in [-0.39, 0.29) is 11.7 Å². The molecule has 1 amide bonds. The Labute approximate surface area is 135 Å². The van der Waals surface area contributed by atoms with E-state index in [1.54, 1.807) is 12.1 Å². The molecule has 0 bridgehead atoms. The van der Waals surface area contributed by atoms with Crippen molar-refractivity contribution in [1.82, 2.24) is 15.1 Å². The van der Waals surface area contributed by atoms with Crippen LogP contribution in [0.3, 0.4) is 0 Å². The molecule has 1 aliphatic heterocycles. The Balaban J connectivity index is 1.87. The second-order valence-corrected chi connectivity index (χ2v) is 5.73. The maximum Gasteiger partial charge on any atom is 0.432 e. The van der Waals surface area contributed by atoms with Gasteiger partial charge in [-0.3, -0.25) is 9.89 Å². The van der Waals surface area contributed by atoms with Crippen LogP contribution >= 0.6 is 0 Å². The van der Waals surface area contributed by atoms with Gasteiger partial charge in [0.1, 0.15) is 11.5 Å². The van der Waals surface area contributed by atoms with Crippen LogP contribution < -0.4 is 0 Å². The lowest BCUT2D eigenvalue weighted by molar-refractivity contribution is -0.141. The smallest absolute Gasteiger partial charge is 0.330 e. The first-order valence-electron chi connectivity index (χ1n) is 7.55. The molecular formula is C16H15F4N3O. The van der Waals surface area contributed by atoms with Crippen molar-refractivity contribution >= 4 is 5.91 Å². The fourth-order valence-electron chi connectivity index (χ4n) is 2.96. The van der Waals surface area contributed by atoms with Gasteiger partial charge in [0.15, 0.2) is 5.69 Å². The van der Waals surface area contributed by atoms with Crippen molar-refractivity contribution in [2.75, 3.05) is 6.54 Å². The number of rotatable bonds is 2. The molecule has 0 radical (unpaired) electrons. The maximum atomic E-state index is 13.5. The van der Waals surface area contributed by atoms with Crippen LogP contribution in [0, 0.1) is 5.82 Å². The molecule has 2 aromatic rings. The number of hydrogen-bond donors (Lipinski definition) is 1. The average Bonchev–Trinajstić information content (AvgIpc) is 3.04. The van der Waals surface area contributed by atoms with Gasteiger partial charge in [0, 0.05) is 12.6 Å². The molecule has 0 saturated carbocycles. The number of aromatic nitrogens is 2. The normalized spacial score (nSPS) is 18.7. The highest BCUT2D eigenvalue weighted by molar-refractivity contribution is 5.92. The molecule has 128 valence electrons. The van der Waals surface area contributed by atoms with Gasteiger partial charge in [0.2, 0.25) is 0 Å². The zero-order valence-electron chi connectivity index (χ0n) is 12.6. The summed E-state index contributed by atoms with van der Waals surface area (Å²) < 4.78 is 51.4. The summed E-state index contributed by atoms with van der Waals surface area (Å²) in [6.45, 7) is 0.397. The number of carbonyl (C=O) groups is 1. The molecule has 1 fully saturated rings. The van der Waals surface area contributed by atoms with Gasteiger partial charge in [-0.2, -0.15) is 18.3 Å². The van der Waals surface area contributed by atoms with Crippen molar-refractivity contribution in [3.63, 3.8) is 0 Å². The molecule has 0 spiro atoms. The standard InChI is InChI=1S/C16H15F4N3O/c17-11-5-3-4-10(8-11)13-6-1-2-7-23(13)15(24)12-9-14(22-21-12)16(18,19)20/h3-5,8-9,13H,1-2,6-7H2,(H,21,22)/t13-/m1/s1. The third kappa shape index (κ3) is 3.27. The molecule has 24 heavy (non-hydrogen) atoms. The summed E-state index contributed by atoms with van der Waals surface area (Å²) in [4.78, 5) is 14.1. The van der Waals surface area contributed by atoms with E-state index in [2.05, 4.69) is 5.10 Å². The van der Waals surface area contributed by atoms with E-state index < -0.39 is 23.6 Å². The predicted octanol–water partition coefficient (Wildman–Crippen LogP) is 3.94. The summed E-state index contributed by atoms with van der Waals surface area (Å²) >= 11 is 0. The molecule has 3 rings (SSSR count). The Morgan fingerprint density at radius 1 is 1.25 bits per heavy atom. The zero-order valence-corrected chi connectivity index (χ0v) is 12.6. The Morgan fingerprint density at radius 2 is 2.04 bits per heavy atom. The van der Waals surface area contributed by atoms with E-state index in [0.717, 1.165) is 12.8 Å². The first kappa shape index (κ1) is 16.5. The van der Waals surface area contributed by atoms with Crippen LogP contribution in [0.2, 0.25) is 0 Å². The minimum absolute atomic E-state index is 0.286. The lowest BCUT2D eigenvalue weighted by atomic mass is 9.95. The van der Waals surface area contributed by atoms with Crippen molar-refractivity contribution in [2.45, 2.75) is 31.5 Å². The lowest BCUT2D eigenvalue weighted by Gasteiger charge is -2.35. The van der Waals surface area contributed by atoms with Crippen LogP contribution in [0.15, 0.2) is 30.3 Å². The molecule has 0 unspecified atom stereocenters. The minimum atomic E-state index is -4.59. The topological polar surface area (TPSA) is 49.0 Å². The Hall–Kier alpha value is -2.38. The molecule has 8 heteroatoms. The number of carbonyl (C=O) groups excluding carboxylic acids is 1. The molecule has 1 atom stereocenters. The van der Waals surface area contributed by atoms with Crippen LogP contribution in [-0.4, -0.2) is 27.5 Å². The quantitative estimate of drug-likeness (QED) is 0.841. The number of hydrogen-bond acceptors (Lipinski definition) is 2. The molecular weight excluding hydrogens is 326 g/mol. The first-order valence-corrected chi connectivity index (χ1v) is 7.55. The van der Waals surface area contributed by atoms with Gasteiger partial charge in [0.25, 0.3) is 5.91 Å². The number of likely N-dealkylation sites (tertiary alicyclic amines) is 1. The molecule has 1 saturated heterocycles. The summed E-state index contributed by atoms with van der Waals surface area (Å²) in [5.74, 6) is -1.000. The van der Waals surface area contributed by atoms with Gasteiger partial charge in [-0.1, -0.05) is 12.1 Å². The van der Waals surface area contributed by atoms with Gasteiger partial charge >= 0.3 is 6.18 Å². The summed E-state index contributed by atoms with van der Waals surface area (Å²) in [5, 5.41) is 5.34. The van der Waals surface area contributed by atoms with E-state index in [9.17, 15) is 22.4 Å². The fourth-order valence-corrected chi connectivity index (χ4v) is 2.96. The van der Waals surface area contributed by atoms with Crippen LogP contribution in [0.1, 0.15) is 47.1 Å². The Kier molecular flexibility index (Phi) is 4.29. The van der Waals surface area contributed by atoms with E-state index in [0.29, 0.717) is 24.6 Å². The molecule has 1 aromatic heterocycles. The largest absolute Gasteiger partial charge is 0.432 e. The number of alkyl halides is 3. The van der Waals surface area contributed by atoms with E-state index in [4.69, 9.17) is 0 Å². The third-order valence-electron chi connectivity index (χ3n) is 4.10. The number of halogens is 4. The summed E-state index contributed by atoms with van der Waals surface area (Å²) in [6, 6.07) is 6.26. The number of nitrogens with zero attached hydrogens (tertiary/aromatic N) is 2. The maximum absolute atomic E-state index is 13.5. The van der Waals surface area contributed by atoms with Crippen LogP contribution in [0.5, 0.6) is 0 Å². The number of aromatic amines is 1. The van der Waals surface area contributed by atoms with Crippen molar-refractivity contribution in [2.24, 2.45) is 0 Å². The summed E-state index contributed by atoms with van der Waals surface area (Å²) in [7, 11) is 0. The number of benzene rings is 1. The van der Waals surface area contributed by atoms with Crippen LogP contribution in [0.4, 0.5) is 17.6 Å². The van der Waals surface area contributed by atoms with Crippen molar-refractivity contribution in [1.29, 1.82) is 0 Å². The fraction of sp³-hybridized carbons (Fsp3) is 0.375. The van der Waals surface area contributed by atoms with Crippen molar-refractivity contribution in [3.05, 3.63) is 53.1 Å². The minimum Gasteiger partial charge on any atom is -0.330 e. The van der Waals surface area contributed by atoms with E-state index in [1.807, 2.05) is 5.10 Å². The van der Waals surface area contributed by atoms with E-state index in [1.165, 1.54) is 17.0 Å². The monoisotopic (exact) mass is 341 g/mol. The first-order chi connectivity index (χ1) is 11.4. The molecule has 1 aliphatic rings. The second-order valence-electron chi connectivity index (χ2n) is 5.73. The van der Waals surface area contributed by atoms with Gasteiger partial charge in [-0.25, -0.2) is 4.39 Å². The third-order valence-corrected chi connectivity index (χ3v) is 4.10. The number of nitrogens with one attached hydrogen (secondary N) is 1. The molecule has 1 aromatic carbocycles. The Morgan fingerprint density at radius 3 is 2.71 bits per heavy atom. The number of H-pyrrole nitrogens is 1. The Bertz CT molecular complexity index is 741. The average molecular weight is 341 g/mol. The van der Waals surface area contributed by atoms with Gasteiger partial charge < -0.3 is 4.90 Å². The second kappa shape index (κ2) is 6.26.